The van der Waals surface area contributed by atoms with Crippen molar-refractivity contribution in [2.75, 3.05) is 6.61 Å². The molecule has 11 heteroatoms. The van der Waals surface area contributed by atoms with Gasteiger partial charge in [-0.25, -0.2) is 4.79 Å². The van der Waals surface area contributed by atoms with Crippen molar-refractivity contribution >= 4 is 28.9 Å². The Morgan fingerprint density at radius 1 is 1.38 bits per heavy atom. The maximum Gasteiger partial charge on any atom is 0.393 e. The molecule has 0 aromatic carbocycles. The van der Waals surface area contributed by atoms with Crippen molar-refractivity contribution in [1.29, 1.82) is 0 Å². The van der Waals surface area contributed by atoms with Gasteiger partial charge in [0.15, 0.2) is 6.61 Å². The lowest BCUT2D eigenvalue weighted by Gasteiger charge is -2.33. The highest BCUT2D eigenvalue weighted by Gasteiger charge is 2.45. The van der Waals surface area contributed by atoms with E-state index < -0.39 is 41.5 Å². The van der Waals surface area contributed by atoms with Gasteiger partial charge in [0.25, 0.3) is 11.6 Å². The summed E-state index contributed by atoms with van der Waals surface area (Å²) in [4.78, 5) is 34.1. The largest absolute Gasteiger partial charge is 0.451 e. The number of thiophene rings is 1. The van der Waals surface area contributed by atoms with Crippen LogP contribution in [0.1, 0.15) is 40.2 Å². The molecule has 2 atom stereocenters. The molecule has 144 valence electrons. The van der Waals surface area contributed by atoms with Gasteiger partial charge >= 0.3 is 12.1 Å². The van der Waals surface area contributed by atoms with E-state index in [1.54, 1.807) is 0 Å². The highest BCUT2D eigenvalue weighted by molar-refractivity contribution is 7.14. The fourth-order valence-electron chi connectivity index (χ4n) is 2.90. The Hall–Kier alpha value is -2.17. The lowest BCUT2D eigenvalue weighted by molar-refractivity contribution is -0.385. The molecule has 0 radical (unpaired) electrons. The van der Waals surface area contributed by atoms with E-state index >= 15 is 0 Å². The molecule has 0 aliphatic heterocycles. The molecule has 0 spiro atoms. The number of nitro groups is 1. The van der Waals surface area contributed by atoms with Gasteiger partial charge in [-0.15, -0.1) is 11.3 Å². The average Bonchev–Trinajstić information content (AvgIpc) is 2.94. The summed E-state index contributed by atoms with van der Waals surface area (Å²) in [5.74, 6) is -3.38. The number of nitrogens with one attached hydrogen (secondary N) is 1. The second kappa shape index (κ2) is 8.02. The number of esters is 1. The number of carbonyl (C=O) groups excluding carboxylic acids is 2. The predicted molar refractivity (Wildman–Crippen MR) is 85.9 cm³/mol. The summed E-state index contributed by atoms with van der Waals surface area (Å²) in [5.41, 5.74) is -0.235. The number of hydrogen-bond acceptors (Lipinski definition) is 6. The summed E-state index contributed by atoms with van der Waals surface area (Å²) in [7, 11) is 0. The van der Waals surface area contributed by atoms with E-state index in [0.717, 1.165) is 17.4 Å². The molecule has 1 saturated carbocycles. The number of nitrogens with zero attached hydrogens (tertiary/aromatic N) is 1. The standard InChI is InChI=1S/C15H17F3N2O5S/c1-8-11(20(23)24)6-12(26-8)14(22)25-7-13(21)19-10-5-3-2-4-9(10)15(16,17)18/h6,9-10H,2-5,7H2,1H3,(H,19,21). The highest BCUT2D eigenvalue weighted by Crippen LogP contribution is 2.37. The van der Waals surface area contributed by atoms with Crippen LogP contribution < -0.4 is 5.32 Å². The Kier molecular flexibility index (Phi) is 6.21. The molecule has 7 nitrogen and oxygen atoms in total. The van der Waals surface area contributed by atoms with Gasteiger partial charge in [-0.05, 0) is 19.8 Å². The second-order valence-corrected chi connectivity index (χ2v) is 7.25. The summed E-state index contributed by atoms with van der Waals surface area (Å²) < 4.78 is 43.7. The SMILES string of the molecule is Cc1sc(C(=O)OCC(=O)NC2CCCCC2C(F)(F)F)cc1[N+](=O)[O-]. The monoisotopic (exact) mass is 394 g/mol. The van der Waals surface area contributed by atoms with E-state index in [4.69, 9.17) is 4.74 Å². The van der Waals surface area contributed by atoms with E-state index in [2.05, 4.69) is 5.32 Å². The minimum Gasteiger partial charge on any atom is -0.451 e. The van der Waals surface area contributed by atoms with Crippen LogP contribution in [0.25, 0.3) is 0 Å². The molecule has 0 bridgehead atoms. The number of aryl methyl sites for hydroxylation is 1. The van der Waals surface area contributed by atoms with Crippen molar-refractivity contribution in [2.24, 2.45) is 5.92 Å². The van der Waals surface area contributed by atoms with Gasteiger partial charge in [0.05, 0.1) is 15.7 Å². The molecule has 26 heavy (non-hydrogen) atoms. The Balaban J connectivity index is 1.90. The van der Waals surface area contributed by atoms with Crippen LogP contribution in [0.15, 0.2) is 6.07 Å². The molecule has 0 saturated heterocycles. The summed E-state index contributed by atoms with van der Waals surface area (Å²) in [5, 5.41) is 13.0. The van der Waals surface area contributed by atoms with Crippen molar-refractivity contribution in [2.45, 2.75) is 44.8 Å². The number of carbonyl (C=O) groups is 2. The Labute approximate surface area is 150 Å². The van der Waals surface area contributed by atoms with Crippen LogP contribution in [0.5, 0.6) is 0 Å². The minimum absolute atomic E-state index is 0.0483. The van der Waals surface area contributed by atoms with Gasteiger partial charge in [-0.3, -0.25) is 14.9 Å². The van der Waals surface area contributed by atoms with E-state index in [1.165, 1.54) is 6.92 Å². The number of hydrogen-bond donors (Lipinski definition) is 1. The molecule has 1 N–H and O–H groups in total. The van der Waals surface area contributed by atoms with Crippen LogP contribution in [0.4, 0.5) is 18.9 Å². The Morgan fingerprint density at radius 3 is 2.62 bits per heavy atom. The molecule has 1 aromatic heterocycles. The fourth-order valence-corrected chi connectivity index (χ4v) is 3.78. The summed E-state index contributed by atoms with van der Waals surface area (Å²) in [6.07, 6.45) is -3.22. The third-order valence-corrected chi connectivity index (χ3v) is 5.18. The van der Waals surface area contributed by atoms with Crippen molar-refractivity contribution in [3.8, 4) is 0 Å². The molecule has 1 amide bonds. The van der Waals surface area contributed by atoms with Crippen LogP contribution in [0.2, 0.25) is 0 Å². The summed E-state index contributed by atoms with van der Waals surface area (Å²) in [6.45, 7) is 0.720. The van der Waals surface area contributed by atoms with Gasteiger partial charge in [0.1, 0.15) is 4.88 Å². The van der Waals surface area contributed by atoms with Gasteiger partial charge in [0, 0.05) is 12.1 Å². The van der Waals surface area contributed by atoms with Gasteiger partial charge in [0.2, 0.25) is 0 Å². The van der Waals surface area contributed by atoms with E-state index in [0.29, 0.717) is 17.7 Å². The Bertz CT molecular complexity index is 704. The zero-order valence-electron chi connectivity index (χ0n) is 13.8. The van der Waals surface area contributed by atoms with E-state index in [-0.39, 0.29) is 23.4 Å². The van der Waals surface area contributed by atoms with E-state index in [1.807, 2.05) is 0 Å². The quantitative estimate of drug-likeness (QED) is 0.469. The third kappa shape index (κ3) is 4.93. The second-order valence-electron chi connectivity index (χ2n) is 5.99. The van der Waals surface area contributed by atoms with Crippen LogP contribution in [-0.4, -0.2) is 35.6 Å². The minimum atomic E-state index is -4.40. The van der Waals surface area contributed by atoms with Gasteiger partial charge in [-0.1, -0.05) is 12.8 Å². The molecule has 1 aliphatic carbocycles. The number of amides is 1. The third-order valence-electron chi connectivity index (χ3n) is 4.16. The van der Waals surface area contributed by atoms with Crippen LogP contribution >= 0.6 is 11.3 Å². The maximum atomic E-state index is 13.0. The smallest absolute Gasteiger partial charge is 0.393 e. The molecular formula is C15H17F3N2O5S. The normalized spacial score (nSPS) is 20.5. The lowest BCUT2D eigenvalue weighted by Crippen LogP contribution is -2.48. The summed E-state index contributed by atoms with van der Waals surface area (Å²) >= 11 is 0.845. The first-order valence-corrected chi connectivity index (χ1v) is 8.69. The van der Waals surface area contributed by atoms with Crippen LogP contribution in [-0.2, 0) is 9.53 Å². The maximum absolute atomic E-state index is 13.0. The first kappa shape index (κ1) is 20.1. The van der Waals surface area contributed by atoms with Gasteiger partial charge in [-0.2, -0.15) is 13.2 Å². The van der Waals surface area contributed by atoms with Crippen molar-refractivity contribution < 1.29 is 32.4 Å². The predicted octanol–water partition coefficient (Wildman–Crippen LogP) is 3.36. The fraction of sp³-hybridized carbons (Fsp3) is 0.600. The number of ether oxygens (including phenoxy) is 1. The number of alkyl halides is 3. The van der Waals surface area contributed by atoms with Crippen molar-refractivity contribution in [3.05, 3.63) is 25.9 Å². The van der Waals surface area contributed by atoms with Crippen LogP contribution in [0, 0.1) is 23.0 Å². The van der Waals surface area contributed by atoms with Gasteiger partial charge < -0.3 is 10.1 Å². The lowest BCUT2D eigenvalue weighted by atomic mass is 9.84. The van der Waals surface area contributed by atoms with Crippen molar-refractivity contribution in [3.63, 3.8) is 0 Å². The first-order chi connectivity index (χ1) is 12.1. The van der Waals surface area contributed by atoms with Crippen molar-refractivity contribution in [1.82, 2.24) is 5.32 Å². The molecular weight excluding hydrogens is 377 g/mol. The number of rotatable bonds is 5. The molecule has 1 aliphatic rings. The zero-order valence-corrected chi connectivity index (χ0v) is 14.6. The highest BCUT2D eigenvalue weighted by atomic mass is 32.1. The molecule has 1 aromatic rings. The van der Waals surface area contributed by atoms with Crippen LogP contribution in [0.3, 0.4) is 0 Å². The molecule has 2 rings (SSSR count). The summed E-state index contributed by atoms with van der Waals surface area (Å²) in [6, 6.07) is 0.00107. The number of halogens is 3. The molecule has 2 unspecified atom stereocenters. The zero-order chi connectivity index (χ0) is 19.5. The average molecular weight is 394 g/mol. The first-order valence-electron chi connectivity index (χ1n) is 7.87. The Morgan fingerprint density at radius 2 is 2.04 bits per heavy atom. The topological polar surface area (TPSA) is 98.5 Å². The molecule has 1 heterocycles. The van der Waals surface area contributed by atoms with E-state index in [9.17, 15) is 32.9 Å². The molecule has 1 fully saturated rings.